The number of anilines is 1. The van der Waals surface area contributed by atoms with Crippen molar-refractivity contribution in [2.24, 2.45) is 11.8 Å². The maximum absolute atomic E-state index is 11.7. The molecular weight excluding hydrogens is 284 g/mol. The number of carbonyl (C=O) groups excluding carboxylic acids is 1. The number of ether oxygens (including phenoxy) is 1. The monoisotopic (exact) mass is 300 g/mol. The van der Waals surface area contributed by atoms with Gasteiger partial charge < -0.3 is 14.7 Å². The van der Waals surface area contributed by atoms with Gasteiger partial charge in [0.25, 0.3) is 0 Å². The van der Waals surface area contributed by atoms with E-state index in [0.717, 1.165) is 5.82 Å². The molecule has 2 heterocycles. The summed E-state index contributed by atoms with van der Waals surface area (Å²) < 4.78 is 4.70. The number of carbonyl (C=O) groups is 2. The van der Waals surface area contributed by atoms with E-state index in [1.54, 1.807) is 6.20 Å². The lowest BCUT2D eigenvalue weighted by atomic mass is 9.85. The lowest BCUT2D eigenvalue weighted by Gasteiger charge is -2.35. The first-order valence-corrected chi connectivity index (χ1v) is 6.10. The molecule has 2 unspecified atom stereocenters. The third-order valence-electron chi connectivity index (χ3n) is 3.41. The summed E-state index contributed by atoms with van der Waals surface area (Å²) >= 11 is 0. The van der Waals surface area contributed by atoms with Crippen LogP contribution in [0.1, 0.15) is 6.42 Å². The summed E-state index contributed by atoms with van der Waals surface area (Å²) in [6.07, 6.45) is 2.08. The summed E-state index contributed by atoms with van der Waals surface area (Å²) in [7, 11) is 1.28. The van der Waals surface area contributed by atoms with Crippen molar-refractivity contribution in [3.05, 3.63) is 24.4 Å². The number of carboxylic acid groups (broad SMARTS) is 1. The molecule has 1 aromatic heterocycles. The Morgan fingerprint density at radius 1 is 1.40 bits per heavy atom. The van der Waals surface area contributed by atoms with Gasteiger partial charge in [0, 0.05) is 19.3 Å². The first-order valence-electron chi connectivity index (χ1n) is 6.10. The minimum Gasteiger partial charge on any atom is -0.481 e. The molecule has 7 heteroatoms. The zero-order valence-corrected chi connectivity index (χ0v) is 11.9. The number of piperidine rings is 1. The number of pyridine rings is 1. The second kappa shape index (κ2) is 7.09. The van der Waals surface area contributed by atoms with Crippen LogP contribution in [0.5, 0.6) is 0 Å². The molecule has 2 atom stereocenters. The lowest BCUT2D eigenvalue weighted by molar-refractivity contribution is -0.156. The number of halogens is 1. The zero-order valence-electron chi connectivity index (χ0n) is 11.1. The van der Waals surface area contributed by atoms with Gasteiger partial charge in [0.1, 0.15) is 5.82 Å². The van der Waals surface area contributed by atoms with Crippen molar-refractivity contribution in [1.29, 1.82) is 0 Å². The molecule has 0 bridgehead atoms. The van der Waals surface area contributed by atoms with Crippen LogP contribution < -0.4 is 4.90 Å². The van der Waals surface area contributed by atoms with Gasteiger partial charge in [0.2, 0.25) is 0 Å². The summed E-state index contributed by atoms with van der Waals surface area (Å²) in [4.78, 5) is 29.0. The molecule has 6 nitrogen and oxygen atoms in total. The van der Waals surface area contributed by atoms with Crippen molar-refractivity contribution >= 4 is 30.2 Å². The molecular formula is C13H17ClN2O4. The molecule has 1 aliphatic rings. The molecule has 0 amide bonds. The molecule has 110 valence electrons. The van der Waals surface area contributed by atoms with Gasteiger partial charge in [-0.2, -0.15) is 0 Å². The Labute approximate surface area is 123 Å². The third kappa shape index (κ3) is 3.39. The Kier molecular flexibility index (Phi) is 5.76. The van der Waals surface area contributed by atoms with Crippen molar-refractivity contribution in [1.82, 2.24) is 4.98 Å². The highest BCUT2D eigenvalue weighted by Crippen LogP contribution is 2.27. The second-order valence-electron chi connectivity index (χ2n) is 4.50. The maximum atomic E-state index is 11.7. The van der Waals surface area contributed by atoms with Crippen LogP contribution in [0.3, 0.4) is 0 Å². The number of carboxylic acids is 1. The van der Waals surface area contributed by atoms with E-state index in [2.05, 4.69) is 4.98 Å². The van der Waals surface area contributed by atoms with E-state index in [4.69, 9.17) is 9.84 Å². The highest BCUT2D eigenvalue weighted by Gasteiger charge is 2.39. The predicted octanol–water partition coefficient (Wildman–Crippen LogP) is 1.20. The Balaban J connectivity index is 0.00000200. The number of methoxy groups -OCH3 is 1. The highest BCUT2D eigenvalue weighted by molar-refractivity contribution is 5.85. The molecule has 1 N–H and O–H groups in total. The molecule has 0 aliphatic carbocycles. The largest absolute Gasteiger partial charge is 0.481 e. The molecule has 1 fully saturated rings. The van der Waals surface area contributed by atoms with Crippen LogP contribution in [0, 0.1) is 11.8 Å². The second-order valence-corrected chi connectivity index (χ2v) is 4.50. The van der Waals surface area contributed by atoms with Crippen LogP contribution in [0.15, 0.2) is 24.4 Å². The van der Waals surface area contributed by atoms with E-state index in [1.165, 1.54) is 7.11 Å². The van der Waals surface area contributed by atoms with Crippen LogP contribution in [0.25, 0.3) is 0 Å². The van der Waals surface area contributed by atoms with Crippen molar-refractivity contribution in [2.45, 2.75) is 6.42 Å². The van der Waals surface area contributed by atoms with Crippen LogP contribution >= 0.6 is 12.4 Å². The smallest absolute Gasteiger partial charge is 0.311 e. The van der Waals surface area contributed by atoms with Crippen molar-refractivity contribution < 1.29 is 19.4 Å². The van der Waals surface area contributed by atoms with Gasteiger partial charge in [-0.3, -0.25) is 9.59 Å². The normalized spacial score (nSPS) is 21.8. The molecule has 1 saturated heterocycles. The molecule has 20 heavy (non-hydrogen) atoms. The van der Waals surface area contributed by atoms with E-state index in [-0.39, 0.29) is 12.4 Å². The van der Waals surface area contributed by atoms with Gasteiger partial charge >= 0.3 is 11.9 Å². The molecule has 0 radical (unpaired) electrons. The van der Waals surface area contributed by atoms with E-state index in [9.17, 15) is 9.59 Å². The van der Waals surface area contributed by atoms with E-state index in [0.29, 0.717) is 19.5 Å². The SMILES string of the molecule is COC(=O)C1CN(c2ccccn2)CCC1C(=O)O.Cl. The predicted molar refractivity (Wildman–Crippen MR) is 74.9 cm³/mol. The number of hydrogen-bond acceptors (Lipinski definition) is 5. The molecule has 1 aromatic rings. The van der Waals surface area contributed by atoms with E-state index < -0.39 is 23.8 Å². The number of hydrogen-bond donors (Lipinski definition) is 1. The average molecular weight is 301 g/mol. The van der Waals surface area contributed by atoms with E-state index >= 15 is 0 Å². The summed E-state index contributed by atoms with van der Waals surface area (Å²) in [6.45, 7) is 0.891. The quantitative estimate of drug-likeness (QED) is 0.845. The van der Waals surface area contributed by atoms with Gasteiger partial charge in [0.15, 0.2) is 0 Å². The molecule has 0 saturated carbocycles. The number of nitrogens with zero attached hydrogens (tertiary/aromatic N) is 2. The molecule has 1 aliphatic heterocycles. The third-order valence-corrected chi connectivity index (χ3v) is 3.41. The van der Waals surface area contributed by atoms with Gasteiger partial charge in [-0.15, -0.1) is 12.4 Å². The minimum atomic E-state index is -0.948. The fourth-order valence-electron chi connectivity index (χ4n) is 2.39. The number of rotatable bonds is 3. The first-order chi connectivity index (χ1) is 9.13. The average Bonchev–Trinajstić information content (AvgIpc) is 2.46. The minimum absolute atomic E-state index is 0. The highest BCUT2D eigenvalue weighted by atomic mass is 35.5. The zero-order chi connectivity index (χ0) is 13.8. The first kappa shape index (κ1) is 16.2. The van der Waals surface area contributed by atoms with Gasteiger partial charge in [0.05, 0.1) is 18.9 Å². The van der Waals surface area contributed by atoms with Crippen molar-refractivity contribution in [2.75, 3.05) is 25.1 Å². The standard InChI is InChI=1S/C13H16N2O4.ClH/c1-19-13(18)10-8-15(7-5-9(10)12(16)17)11-4-2-3-6-14-11;/h2-4,6,9-10H,5,7-8H2,1H3,(H,16,17);1H. The fourth-order valence-corrected chi connectivity index (χ4v) is 2.39. The fraction of sp³-hybridized carbons (Fsp3) is 0.462. The maximum Gasteiger partial charge on any atom is 0.311 e. The molecule has 0 aromatic carbocycles. The summed E-state index contributed by atoms with van der Waals surface area (Å²) in [6, 6.07) is 5.51. The Morgan fingerprint density at radius 3 is 2.70 bits per heavy atom. The lowest BCUT2D eigenvalue weighted by Crippen LogP contribution is -2.47. The van der Waals surface area contributed by atoms with Gasteiger partial charge in [-0.05, 0) is 18.6 Å². The van der Waals surface area contributed by atoms with Gasteiger partial charge in [-0.1, -0.05) is 6.07 Å². The molecule has 0 spiro atoms. The van der Waals surface area contributed by atoms with Crippen molar-refractivity contribution in [3.8, 4) is 0 Å². The number of aromatic nitrogens is 1. The number of aliphatic carboxylic acids is 1. The van der Waals surface area contributed by atoms with Crippen LogP contribution in [0.4, 0.5) is 5.82 Å². The molecule has 2 rings (SSSR count). The Hall–Kier alpha value is -1.82. The van der Waals surface area contributed by atoms with E-state index in [1.807, 2.05) is 23.1 Å². The summed E-state index contributed by atoms with van der Waals surface area (Å²) in [5.41, 5.74) is 0. The van der Waals surface area contributed by atoms with Gasteiger partial charge in [-0.25, -0.2) is 4.98 Å². The van der Waals surface area contributed by atoms with Crippen LogP contribution in [-0.2, 0) is 14.3 Å². The Morgan fingerprint density at radius 2 is 2.15 bits per heavy atom. The topological polar surface area (TPSA) is 79.7 Å². The number of esters is 1. The van der Waals surface area contributed by atoms with Crippen molar-refractivity contribution in [3.63, 3.8) is 0 Å². The Bertz CT molecular complexity index is 469. The summed E-state index contributed by atoms with van der Waals surface area (Å²) in [5, 5.41) is 9.17. The van der Waals surface area contributed by atoms with Crippen LogP contribution in [-0.4, -0.2) is 42.2 Å². The van der Waals surface area contributed by atoms with Crippen LogP contribution in [0.2, 0.25) is 0 Å². The summed E-state index contributed by atoms with van der Waals surface area (Å²) in [5.74, 6) is -2.02.